The molecule has 3 aromatic rings. The van der Waals surface area contributed by atoms with Crippen LogP contribution in [0.2, 0.25) is 0 Å². The largest absolute Gasteiger partial charge is 0.481 e. The summed E-state index contributed by atoms with van der Waals surface area (Å²) in [5.41, 5.74) is 4.10. The molecule has 2 aromatic heterocycles. The Morgan fingerprint density at radius 3 is 2.16 bits per heavy atom. The van der Waals surface area contributed by atoms with Gasteiger partial charge in [-0.3, -0.25) is 10.1 Å². The van der Waals surface area contributed by atoms with Crippen molar-refractivity contribution in [3.63, 3.8) is 0 Å². The summed E-state index contributed by atoms with van der Waals surface area (Å²) in [4.78, 5) is 32.8. The van der Waals surface area contributed by atoms with Crippen molar-refractivity contribution in [3.8, 4) is 17.4 Å². The number of amides is 1. The second-order valence-corrected chi connectivity index (χ2v) is 6.86. The first-order valence-corrected chi connectivity index (χ1v) is 9.52. The number of ether oxygens (including phenoxy) is 3. The molecule has 9 heteroatoms. The fraction of sp³-hybridized carbons (Fsp3) is 0.273. The third kappa shape index (κ3) is 5.00. The number of hydrogen-bond donors (Lipinski definition) is 1. The molecule has 0 atom stereocenters. The minimum absolute atomic E-state index is 0.0187. The molecule has 1 amide bonds. The third-order valence-corrected chi connectivity index (χ3v) is 4.63. The number of aryl methyl sites for hydroxylation is 2. The highest BCUT2D eigenvalue weighted by molar-refractivity contribution is 5.95. The molecule has 1 N–H and O–H groups in total. The molecule has 31 heavy (non-hydrogen) atoms. The van der Waals surface area contributed by atoms with Gasteiger partial charge in [0.05, 0.1) is 25.8 Å². The van der Waals surface area contributed by atoms with E-state index in [2.05, 4.69) is 15.3 Å². The zero-order valence-corrected chi connectivity index (χ0v) is 18.1. The van der Waals surface area contributed by atoms with Crippen molar-refractivity contribution in [3.05, 3.63) is 58.9 Å². The first-order valence-electron chi connectivity index (χ1n) is 9.52. The van der Waals surface area contributed by atoms with Gasteiger partial charge in [-0.1, -0.05) is 17.7 Å². The van der Waals surface area contributed by atoms with Crippen LogP contribution in [0.15, 0.2) is 36.4 Å². The Balaban J connectivity index is 1.68. The molecule has 0 saturated heterocycles. The van der Waals surface area contributed by atoms with Gasteiger partial charge in [-0.05, 0) is 39.0 Å². The van der Waals surface area contributed by atoms with Gasteiger partial charge in [0.1, 0.15) is 0 Å². The number of rotatable bonds is 7. The SMILES string of the molecule is COc1cc(OC)nc(NC(=O)COC(=O)c2cc(C)n(-c3ccc(C)cc3)c2C)n1. The van der Waals surface area contributed by atoms with Crippen LogP contribution in [-0.4, -0.2) is 47.2 Å². The fourth-order valence-corrected chi connectivity index (χ4v) is 3.10. The Hall–Kier alpha value is -3.88. The fourth-order valence-electron chi connectivity index (χ4n) is 3.10. The molecule has 9 nitrogen and oxygen atoms in total. The maximum Gasteiger partial charge on any atom is 0.340 e. The highest BCUT2D eigenvalue weighted by Gasteiger charge is 2.19. The summed E-state index contributed by atoms with van der Waals surface area (Å²) in [7, 11) is 2.87. The summed E-state index contributed by atoms with van der Waals surface area (Å²) >= 11 is 0. The van der Waals surface area contributed by atoms with E-state index in [-0.39, 0.29) is 17.7 Å². The van der Waals surface area contributed by atoms with Crippen LogP contribution in [0.3, 0.4) is 0 Å². The molecule has 3 rings (SSSR count). The van der Waals surface area contributed by atoms with Crippen LogP contribution in [-0.2, 0) is 9.53 Å². The van der Waals surface area contributed by atoms with E-state index in [1.807, 2.05) is 49.6 Å². The lowest BCUT2D eigenvalue weighted by Crippen LogP contribution is -2.22. The average Bonchev–Trinajstić information content (AvgIpc) is 3.06. The molecule has 162 valence electrons. The monoisotopic (exact) mass is 424 g/mol. The smallest absolute Gasteiger partial charge is 0.340 e. The second kappa shape index (κ2) is 9.29. The Morgan fingerprint density at radius 2 is 1.58 bits per heavy atom. The van der Waals surface area contributed by atoms with Gasteiger partial charge in [-0.15, -0.1) is 0 Å². The van der Waals surface area contributed by atoms with E-state index in [0.717, 1.165) is 22.6 Å². The summed E-state index contributed by atoms with van der Waals surface area (Å²) in [6, 6.07) is 11.2. The van der Waals surface area contributed by atoms with E-state index in [9.17, 15) is 9.59 Å². The standard InChI is InChI=1S/C22H24N4O5/c1-13-6-8-16(9-7-13)26-14(2)10-17(15(26)3)21(28)31-12-18(27)23-22-24-19(29-4)11-20(25-22)30-5/h6-11H,12H2,1-5H3,(H,23,24,25,27). The minimum atomic E-state index is -0.592. The summed E-state index contributed by atoms with van der Waals surface area (Å²) < 4.78 is 17.2. The number of benzene rings is 1. The molecular weight excluding hydrogens is 400 g/mol. The number of nitrogens with zero attached hydrogens (tertiary/aromatic N) is 3. The van der Waals surface area contributed by atoms with E-state index in [0.29, 0.717) is 5.56 Å². The van der Waals surface area contributed by atoms with Crippen LogP contribution in [0, 0.1) is 20.8 Å². The van der Waals surface area contributed by atoms with E-state index in [1.54, 1.807) is 6.07 Å². The first kappa shape index (κ1) is 21.8. The van der Waals surface area contributed by atoms with Crippen molar-refractivity contribution in [1.29, 1.82) is 0 Å². The Morgan fingerprint density at radius 1 is 0.968 bits per heavy atom. The van der Waals surface area contributed by atoms with E-state index in [4.69, 9.17) is 14.2 Å². The normalized spacial score (nSPS) is 10.5. The van der Waals surface area contributed by atoms with Crippen molar-refractivity contribution in [2.24, 2.45) is 0 Å². The number of carbonyl (C=O) groups is 2. The Bertz CT molecular complexity index is 1080. The quantitative estimate of drug-likeness (QED) is 0.581. The van der Waals surface area contributed by atoms with Gasteiger partial charge >= 0.3 is 5.97 Å². The molecule has 0 saturated carbocycles. The van der Waals surface area contributed by atoms with Crippen LogP contribution in [0.1, 0.15) is 27.3 Å². The molecule has 2 heterocycles. The number of esters is 1. The maximum absolute atomic E-state index is 12.6. The summed E-state index contributed by atoms with van der Waals surface area (Å²) in [6.45, 7) is 5.26. The number of methoxy groups -OCH3 is 2. The van der Waals surface area contributed by atoms with Crippen LogP contribution in [0.25, 0.3) is 5.69 Å². The lowest BCUT2D eigenvalue weighted by molar-refractivity contribution is -0.119. The minimum Gasteiger partial charge on any atom is -0.481 e. The lowest BCUT2D eigenvalue weighted by atomic mass is 10.2. The van der Waals surface area contributed by atoms with Gasteiger partial charge in [0.15, 0.2) is 6.61 Å². The zero-order valence-electron chi connectivity index (χ0n) is 18.1. The number of aromatic nitrogens is 3. The van der Waals surface area contributed by atoms with E-state index in [1.165, 1.54) is 20.3 Å². The molecule has 0 unspecified atom stereocenters. The number of hydrogen-bond acceptors (Lipinski definition) is 7. The van der Waals surface area contributed by atoms with Gasteiger partial charge in [0, 0.05) is 17.1 Å². The summed E-state index contributed by atoms with van der Waals surface area (Å²) in [5, 5.41) is 2.46. The number of nitrogens with one attached hydrogen (secondary N) is 1. The predicted molar refractivity (Wildman–Crippen MR) is 114 cm³/mol. The third-order valence-electron chi connectivity index (χ3n) is 4.63. The summed E-state index contributed by atoms with van der Waals surface area (Å²) in [6.07, 6.45) is 0. The molecule has 0 aliphatic rings. The number of carbonyl (C=O) groups excluding carboxylic acids is 2. The second-order valence-electron chi connectivity index (χ2n) is 6.86. The predicted octanol–water partition coefficient (Wildman–Crippen LogP) is 3.01. The van der Waals surface area contributed by atoms with Crippen molar-refractivity contribution >= 4 is 17.8 Å². The topological polar surface area (TPSA) is 105 Å². The van der Waals surface area contributed by atoms with Crippen molar-refractivity contribution < 1.29 is 23.8 Å². The molecule has 0 aliphatic heterocycles. The van der Waals surface area contributed by atoms with Gasteiger partial charge in [0.2, 0.25) is 17.7 Å². The molecule has 0 radical (unpaired) electrons. The zero-order chi connectivity index (χ0) is 22.5. The molecule has 1 aromatic carbocycles. The van der Waals surface area contributed by atoms with Crippen molar-refractivity contribution in [2.75, 3.05) is 26.1 Å². The molecule has 0 fully saturated rings. The van der Waals surface area contributed by atoms with Gasteiger partial charge in [0.25, 0.3) is 5.91 Å². The summed E-state index contributed by atoms with van der Waals surface area (Å²) in [5.74, 6) is -0.748. The van der Waals surface area contributed by atoms with Crippen LogP contribution in [0.4, 0.5) is 5.95 Å². The van der Waals surface area contributed by atoms with Gasteiger partial charge < -0.3 is 18.8 Å². The Kier molecular flexibility index (Phi) is 6.54. The molecule has 0 spiro atoms. The molecular formula is C22H24N4O5. The van der Waals surface area contributed by atoms with Gasteiger partial charge in [-0.2, -0.15) is 9.97 Å². The molecule has 0 bridgehead atoms. The van der Waals surface area contributed by atoms with Gasteiger partial charge in [-0.25, -0.2) is 4.79 Å². The van der Waals surface area contributed by atoms with Crippen molar-refractivity contribution in [2.45, 2.75) is 20.8 Å². The Labute approximate surface area is 180 Å². The van der Waals surface area contributed by atoms with E-state index >= 15 is 0 Å². The van der Waals surface area contributed by atoms with Crippen LogP contribution in [0.5, 0.6) is 11.8 Å². The number of anilines is 1. The lowest BCUT2D eigenvalue weighted by Gasteiger charge is -2.10. The van der Waals surface area contributed by atoms with Crippen LogP contribution < -0.4 is 14.8 Å². The maximum atomic E-state index is 12.6. The highest BCUT2D eigenvalue weighted by atomic mass is 16.5. The van der Waals surface area contributed by atoms with E-state index < -0.39 is 18.5 Å². The highest BCUT2D eigenvalue weighted by Crippen LogP contribution is 2.22. The average molecular weight is 424 g/mol. The molecule has 0 aliphatic carbocycles. The van der Waals surface area contributed by atoms with Crippen molar-refractivity contribution in [1.82, 2.24) is 14.5 Å². The first-order chi connectivity index (χ1) is 14.8. The van der Waals surface area contributed by atoms with Crippen LogP contribution >= 0.6 is 0 Å².